The molecule has 6 nitrogen and oxygen atoms in total. The van der Waals surface area contributed by atoms with Crippen molar-refractivity contribution in [2.24, 2.45) is 4.99 Å². The lowest BCUT2D eigenvalue weighted by Crippen LogP contribution is -2.47. The van der Waals surface area contributed by atoms with Crippen molar-refractivity contribution in [2.45, 2.75) is 18.9 Å². The van der Waals surface area contributed by atoms with E-state index in [1.165, 1.54) is 24.3 Å². The quantitative estimate of drug-likeness (QED) is 0.434. The molecule has 0 aliphatic carbocycles. The third-order valence-electron chi connectivity index (χ3n) is 7.45. The van der Waals surface area contributed by atoms with E-state index >= 15 is 0 Å². The second-order valence-electron chi connectivity index (χ2n) is 9.69. The molecule has 0 aromatic heterocycles. The van der Waals surface area contributed by atoms with Crippen molar-refractivity contribution in [3.8, 4) is 5.75 Å². The molecule has 0 radical (unpaired) electrons. The minimum atomic E-state index is -1.36. The number of anilines is 1. The molecule has 8 heteroatoms. The largest absolute Gasteiger partial charge is 0.495 e. The van der Waals surface area contributed by atoms with Gasteiger partial charge in [0.05, 0.1) is 12.8 Å². The molecule has 2 heterocycles. The van der Waals surface area contributed by atoms with Crippen molar-refractivity contribution in [3.63, 3.8) is 0 Å². The van der Waals surface area contributed by atoms with Gasteiger partial charge in [0.1, 0.15) is 23.2 Å². The highest BCUT2D eigenvalue weighted by atomic mass is 19.1. The highest BCUT2D eigenvalue weighted by Gasteiger charge is 2.49. The molecule has 0 atom stereocenters. The average molecular weight is 519 g/mol. The molecule has 3 aromatic carbocycles. The maximum Gasteiger partial charge on any atom is 0.265 e. The van der Waals surface area contributed by atoms with Crippen LogP contribution in [-0.2, 0) is 10.3 Å². The fourth-order valence-corrected chi connectivity index (χ4v) is 5.44. The summed E-state index contributed by atoms with van der Waals surface area (Å²) in [5.41, 5.74) is 0.878. The highest BCUT2D eigenvalue weighted by Crippen LogP contribution is 2.40. The van der Waals surface area contributed by atoms with Gasteiger partial charge in [-0.05, 0) is 67.4 Å². The standard InChI is InChI=1S/C30H32F2N4O2/c1-22-33-30(23-8-12-25(31)13-9-23,24-10-14-26(32)15-11-24)29(37)36(22)17-5-16-34-18-20-35(21-19-34)27-6-3-4-7-28(27)38-2/h3-4,6-15H,5,16-21H2,1-2H3. The summed E-state index contributed by atoms with van der Waals surface area (Å²) in [6.07, 6.45) is 0.788. The topological polar surface area (TPSA) is 48.4 Å². The summed E-state index contributed by atoms with van der Waals surface area (Å²) in [5.74, 6) is 0.501. The van der Waals surface area contributed by atoms with E-state index in [0.717, 1.165) is 50.6 Å². The Morgan fingerprint density at radius 2 is 1.42 bits per heavy atom. The van der Waals surface area contributed by atoms with Crippen molar-refractivity contribution in [1.82, 2.24) is 9.80 Å². The van der Waals surface area contributed by atoms with E-state index in [0.29, 0.717) is 23.5 Å². The summed E-state index contributed by atoms with van der Waals surface area (Å²) in [6.45, 7) is 6.85. The van der Waals surface area contributed by atoms with Crippen molar-refractivity contribution in [3.05, 3.63) is 95.6 Å². The molecular formula is C30H32F2N4O2. The SMILES string of the molecule is COc1ccccc1N1CCN(CCCN2C(=O)C(c3ccc(F)cc3)(c3ccc(F)cc3)N=C2C)CC1. The Labute approximate surface area is 222 Å². The van der Waals surface area contributed by atoms with Gasteiger partial charge in [-0.25, -0.2) is 13.8 Å². The van der Waals surface area contributed by atoms with E-state index in [1.807, 2.05) is 25.1 Å². The Balaban J connectivity index is 1.25. The maximum absolute atomic E-state index is 13.9. The van der Waals surface area contributed by atoms with Crippen LogP contribution in [0.25, 0.3) is 0 Å². The molecule has 0 unspecified atom stereocenters. The van der Waals surface area contributed by atoms with E-state index in [-0.39, 0.29) is 5.91 Å². The summed E-state index contributed by atoms with van der Waals surface area (Å²) in [6, 6.07) is 19.7. The lowest BCUT2D eigenvalue weighted by atomic mass is 9.82. The summed E-state index contributed by atoms with van der Waals surface area (Å²) >= 11 is 0. The first-order valence-electron chi connectivity index (χ1n) is 12.9. The van der Waals surface area contributed by atoms with Crippen molar-refractivity contribution < 1.29 is 18.3 Å². The second-order valence-corrected chi connectivity index (χ2v) is 9.69. The number of aliphatic imine (C=N–C) groups is 1. The Hall–Kier alpha value is -3.78. The molecule has 38 heavy (non-hydrogen) atoms. The highest BCUT2D eigenvalue weighted by molar-refractivity contribution is 6.09. The Morgan fingerprint density at radius 3 is 2.00 bits per heavy atom. The molecule has 0 saturated carbocycles. The molecule has 3 aromatic rings. The van der Waals surface area contributed by atoms with Gasteiger partial charge in [-0.2, -0.15) is 0 Å². The number of carbonyl (C=O) groups is 1. The van der Waals surface area contributed by atoms with Gasteiger partial charge in [-0.15, -0.1) is 0 Å². The number of piperazine rings is 1. The van der Waals surface area contributed by atoms with Gasteiger partial charge in [-0.1, -0.05) is 36.4 Å². The lowest BCUT2D eigenvalue weighted by molar-refractivity contribution is -0.130. The van der Waals surface area contributed by atoms with E-state index < -0.39 is 17.2 Å². The number of benzene rings is 3. The van der Waals surface area contributed by atoms with Crippen LogP contribution in [-0.4, -0.2) is 67.9 Å². The molecule has 5 rings (SSSR count). The van der Waals surface area contributed by atoms with Crippen LogP contribution in [0.3, 0.4) is 0 Å². The molecule has 0 spiro atoms. The van der Waals surface area contributed by atoms with Gasteiger partial charge >= 0.3 is 0 Å². The van der Waals surface area contributed by atoms with E-state index in [2.05, 4.69) is 15.9 Å². The number of hydrogen-bond donors (Lipinski definition) is 0. The molecule has 198 valence electrons. The number of halogens is 2. The minimum Gasteiger partial charge on any atom is -0.495 e. The zero-order valence-corrected chi connectivity index (χ0v) is 21.7. The van der Waals surface area contributed by atoms with Crippen LogP contribution in [0.1, 0.15) is 24.5 Å². The number of carbonyl (C=O) groups excluding carboxylic acids is 1. The minimum absolute atomic E-state index is 0.200. The molecule has 1 amide bonds. The number of amides is 1. The van der Waals surface area contributed by atoms with Gasteiger partial charge < -0.3 is 9.64 Å². The molecule has 1 saturated heterocycles. The van der Waals surface area contributed by atoms with Crippen LogP contribution >= 0.6 is 0 Å². The molecule has 2 aliphatic rings. The molecule has 0 N–H and O–H groups in total. The zero-order chi connectivity index (χ0) is 26.7. The Morgan fingerprint density at radius 1 is 0.842 bits per heavy atom. The van der Waals surface area contributed by atoms with E-state index in [4.69, 9.17) is 9.73 Å². The molecular weight excluding hydrogens is 486 g/mol. The van der Waals surface area contributed by atoms with Crippen LogP contribution in [0.4, 0.5) is 14.5 Å². The third kappa shape index (κ3) is 4.88. The second kappa shape index (κ2) is 10.9. The molecule has 1 fully saturated rings. The lowest BCUT2D eigenvalue weighted by Gasteiger charge is -2.36. The smallest absolute Gasteiger partial charge is 0.265 e. The predicted octanol–water partition coefficient (Wildman–Crippen LogP) is 4.69. The summed E-state index contributed by atoms with van der Waals surface area (Å²) in [7, 11) is 1.70. The van der Waals surface area contributed by atoms with Gasteiger partial charge in [-0.3, -0.25) is 14.6 Å². The van der Waals surface area contributed by atoms with Gasteiger partial charge in [0, 0.05) is 32.7 Å². The zero-order valence-electron chi connectivity index (χ0n) is 21.7. The van der Waals surface area contributed by atoms with Crippen LogP contribution in [0, 0.1) is 11.6 Å². The third-order valence-corrected chi connectivity index (χ3v) is 7.45. The van der Waals surface area contributed by atoms with Crippen molar-refractivity contribution in [2.75, 3.05) is 51.3 Å². The first-order chi connectivity index (χ1) is 18.4. The summed E-state index contributed by atoms with van der Waals surface area (Å²) in [5, 5.41) is 0. The fourth-order valence-electron chi connectivity index (χ4n) is 5.44. The molecule has 2 aliphatic heterocycles. The van der Waals surface area contributed by atoms with E-state index in [1.54, 1.807) is 36.3 Å². The first-order valence-corrected chi connectivity index (χ1v) is 12.9. The first kappa shape index (κ1) is 25.9. The van der Waals surface area contributed by atoms with Gasteiger partial charge in [0.15, 0.2) is 5.54 Å². The number of methoxy groups -OCH3 is 1. The van der Waals surface area contributed by atoms with Crippen LogP contribution < -0.4 is 9.64 Å². The average Bonchev–Trinajstić information content (AvgIpc) is 3.20. The Kier molecular flexibility index (Phi) is 7.42. The fraction of sp³-hybridized carbons (Fsp3) is 0.333. The number of nitrogens with zero attached hydrogens (tertiary/aromatic N) is 4. The van der Waals surface area contributed by atoms with Crippen LogP contribution in [0.5, 0.6) is 5.75 Å². The monoisotopic (exact) mass is 518 g/mol. The van der Waals surface area contributed by atoms with Crippen LogP contribution in [0.15, 0.2) is 77.8 Å². The number of ether oxygens (including phenoxy) is 1. The number of hydrogen-bond acceptors (Lipinski definition) is 5. The summed E-state index contributed by atoms with van der Waals surface area (Å²) in [4.78, 5) is 25.2. The normalized spacial score (nSPS) is 17.6. The van der Waals surface area contributed by atoms with Crippen LogP contribution in [0.2, 0.25) is 0 Å². The Bertz CT molecular complexity index is 1260. The number of para-hydroxylation sites is 2. The van der Waals surface area contributed by atoms with Crippen molar-refractivity contribution >= 4 is 17.4 Å². The van der Waals surface area contributed by atoms with Gasteiger partial charge in [0.2, 0.25) is 0 Å². The summed E-state index contributed by atoms with van der Waals surface area (Å²) < 4.78 is 32.9. The van der Waals surface area contributed by atoms with Crippen molar-refractivity contribution in [1.29, 1.82) is 0 Å². The predicted molar refractivity (Wildman–Crippen MR) is 145 cm³/mol. The van der Waals surface area contributed by atoms with E-state index in [9.17, 15) is 13.6 Å². The number of amidine groups is 1. The number of rotatable bonds is 8. The molecule has 0 bridgehead atoms. The van der Waals surface area contributed by atoms with Gasteiger partial charge in [0.25, 0.3) is 5.91 Å². The maximum atomic E-state index is 13.9.